The maximum Gasteiger partial charge on any atom is 0.112 e. The van der Waals surface area contributed by atoms with E-state index in [0.29, 0.717) is 0 Å². The van der Waals surface area contributed by atoms with Crippen LogP contribution >= 0.6 is 23.5 Å². The molecule has 0 aromatic heterocycles. The Kier molecular flexibility index (Phi) is 4.97. The highest BCUT2D eigenvalue weighted by molar-refractivity contribution is 7.93. The molecule has 1 aromatic carbocycles. The van der Waals surface area contributed by atoms with E-state index < -0.39 is 0 Å². The van der Waals surface area contributed by atoms with Gasteiger partial charge in [0.1, 0.15) is 11.9 Å². The van der Waals surface area contributed by atoms with Crippen molar-refractivity contribution >= 4 is 23.5 Å². The van der Waals surface area contributed by atoms with Gasteiger partial charge in [-0.15, -0.1) is 0 Å². The summed E-state index contributed by atoms with van der Waals surface area (Å²) in [6.45, 7) is 10.2. The summed E-state index contributed by atoms with van der Waals surface area (Å²) in [5.41, 5.74) is 0. The topological polar surface area (TPSA) is 0 Å². The molecule has 1 rings (SSSR count). The van der Waals surface area contributed by atoms with E-state index in [1.807, 2.05) is 24.1 Å². The van der Waals surface area contributed by atoms with Crippen LogP contribution in [0.1, 0.15) is 20.8 Å². The van der Waals surface area contributed by atoms with Crippen molar-refractivity contribution in [3.05, 3.63) is 29.3 Å². The SMILES string of the molecule is CC[N+](CC)(CC)Sc1ccc(Cl)cc1. The highest BCUT2D eigenvalue weighted by Crippen LogP contribution is 2.31. The van der Waals surface area contributed by atoms with Crippen molar-refractivity contribution < 1.29 is 3.89 Å². The van der Waals surface area contributed by atoms with Crippen LogP contribution in [0, 0.1) is 0 Å². The minimum absolute atomic E-state index is 0.807. The maximum absolute atomic E-state index is 5.87. The summed E-state index contributed by atoms with van der Waals surface area (Å²) in [7, 11) is 0. The monoisotopic (exact) mass is 244 g/mol. The van der Waals surface area contributed by atoms with Crippen molar-refractivity contribution in [1.29, 1.82) is 0 Å². The number of hydrogen-bond acceptors (Lipinski definition) is 1. The number of hydrogen-bond donors (Lipinski definition) is 0. The Balaban J connectivity index is 2.78. The number of benzene rings is 1. The molecule has 3 heteroatoms. The molecule has 1 aromatic rings. The van der Waals surface area contributed by atoms with Crippen molar-refractivity contribution in [2.45, 2.75) is 25.7 Å². The molecule has 15 heavy (non-hydrogen) atoms. The van der Waals surface area contributed by atoms with Crippen LogP contribution in [0.5, 0.6) is 0 Å². The van der Waals surface area contributed by atoms with Crippen LogP contribution in [0.3, 0.4) is 0 Å². The molecule has 0 unspecified atom stereocenters. The van der Waals surface area contributed by atoms with Gasteiger partial charge in [0.25, 0.3) is 0 Å². The summed E-state index contributed by atoms with van der Waals surface area (Å²) in [6, 6.07) is 8.11. The average Bonchev–Trinajstić information content (AvgIpc) is 2.29. The fourth-order valence-corrected chi connectivity index (χ4v) is 2.80. The van der Waals surface area contributed by atoms with E-state index in [2.05, 4.69) is 32.9 Å². The third-order valence-corrected chi connectivity index (χ3v) is 4.74. The molecule has 0 aliphatic heterocycles. The van der Waals surface area contributed by atoms with E-state index in [4.69, 9.17) is 11.6 Å². The van der Waals surface area contributed by atoms with Crippen LogP contribution in [0.15, 0.2) is 29.2 Å². The standard InChI is InChI=1S/C12H19ClNS/c1-4-14(5-2,6-3)15-12-9-7-11(13)8-10-12/h7-10H,4-6H2,1-3H3/q+1. The predicted octanol–water partition coefficient (Wildman–Crippen LogP) is 4.22. The first-order valence-corrected chi connectivity index (χ1v) is 6.62. The van der Waals surface area contributed by atoms with E-state index in [0.717, 1.165) is 28.5 Å². The zero-order chi connectivity index (χ0) is 11.3. The lowest BCUT2D eigenvalue weighted by Gasteiger charge is -2.32. The molecule has 0 bridgehead atoms. The third-order valence-electron chi connectivity index (χ3n) is 2.84. The van der Waals surface area contributed by atoms with Gasteiger partial charge in [0.2, 0.25) is 0 Å². The van der Waals surface area contributed by atoms with Crippen LogP contribution in [-0.2, 0) is 0 Å². The summed E-state index contributed by atoms with van der Waals surface area (Å²) < 4.78 is 1.07. The number of nitrogens with zero attached hydrogens (tertiary/aromatic N) is 1. The van der Waals surface area contributed by atoms with Gasteiger partial charge in [-0.1, -0.05) is 11.6 Å². The smallest absolute Gasteiger partial charge is 0.112 e. The van der Waals surface area contributed by atoms with Crippen molar-refractivity contribution in [2.24, 2.45) is 0 Å². The van der Waals surface area contributed by atoms with Gasteiger partial charge in [0, 0.05) is 5.02 Å². The molecule has 0 saturated heterocycles. The average molecular weight is 245 g/mol. The molecule has 0 amide bonds. The van der Waals surface area contributed by atoms with Crippen LogP contribution in [0.4, 0.5) is 0 Å². The quantitative estimate of drug-likeness (QED) is 0.552. The zero-order valence-corrected chi connectivity index (χ0v) is 11.2. The van der Waals surface area contributed by atoms with Crippen molar-refractivity contribution in [3.8, 4) is 0 Å². The molecule has 0 saturated carbocycles. The molecule has 0 spiro atoms. The molecule has 0 heterocycles. The first kappa shape index (κ1) is 12.9. The summed E-state index contributed by atoms with van der Waals surface area (Å²) in [5, 5.41) is 0.807. The minimum atomic E-state index is 0.807. The normalized spacial score (nSPS) is 11.7. The van der Waals surface area contributed by atoms with Crippen LogP contribution in [0.25, 0.3) is 0 Å². The lowest BCUT2D eigenvalue weighted by Crippen LogP contribution is -2.40. The molecule has 1 nitrogen and oxygen atoms in total. The van der Waals surface area contributed by atoms with E-state index >= 15 is 0 Å². The van der Waals surface area contributed by atoms with Crippen molar-refractivity contribution in [1.82, 2.24) is 0 Å². The maximum atomic E-state index is 5.87. The highest BCUT2D eigenvalue weighted by atomic mass is 35.5. The van der Waals surface area contributed by atoms with Crippen LogP contribution in [0.2, 0.25) is 5.02 Å². The first-order chi connectivity index (χ1) is 7.15. The van der Waals surface area contributed by atoms with Gasteiger partial charge in [-0.3, -0.25) is 3.89 Å². The van der Waals surface area contributed by atoms with E-state index in [1.165, 1.54) is 4.90 Å². The highest BCUT2D eigenvalue weighted by Gasteiger charge is 2.23. The van der Waals surface area contributed by atoms with Gasteiger partial charge in [0.05, 0.1) is 24.5 Å². The Morgan fingerprint density at radius 3 is 1.87 bits per heavy atom. The summed E-state index contributed by atoms with van der Waals surface area (Å²) in [5.74, 6) is 0. The van der Waals surface area contributed by atoms with Crippen LogP contribution < -0.4 is 0 Å². The lowest BCUT2D eigenvalue weighted by molar-refractivity contribution is -0.789. The lowest BCUT2D eigenvalue weighted by atomic mass is 10.4. The molecule has 0 radical (unpaired) electrons. The minimum Gasteiger partial charge on any atom is -0.258 e. The molecule has 84 valence electrons. The molecule has 0 fully saturated rings. The van der Waals surface area contributed by atoms with E-state index in [-0.39, 0.29) is 0 Å². The Morgan fingerprint density at radius 1 is 1.00 bits per heavy atom. The Bertz CT molecular complexity index is 285. The Labute approximate surface area is 102 Å². The third kappa shape index (κ3) is 3.40. The van der Waals surface area contributed by atoms with Gasteiger partial charge in [0.15, 0.2) is 0 Å². The summed E-state index contributed by atoms with van der Waals surface area (Å²) >= 11 is 7.79. The van der Waals surface area contributed by atoms with E-state index in [9.17, 15) is 0 Å². The molecular formula is C12H19ClNS+. The fourth-order valence-electron chi connectivity index (χ4n) is 1.58. The second kappa shape index (κ2) is 5.78. The molecule has 0 atom stereocenters. The fraction of sp³-hybridized carbons (Fsp3) is 0.500. The molecule has 0 aliphatic carbocycles. The number of quaternary nitrogens is 1. The second-order valence-corrected chi connectivity index (χ2v) is 5.42. The number of halogens is 1. The molecular weight excluding hydrogens is 226 g/mol. The van der Waals surface area contributed by atoms with Crippen LogP contribution in [-0.4, -0.2) is 23.5 Å². The van der Waals surface area contributed by atoms with Gasteiger partial charge in [-0.2, -0.15) is 0 Å². The summed E-state index contributed by atoms with van der Waals surface area (Å²) in [6.07, 6.45) is 0. The predicted molar refractivity (Wildman–Crippen MR) is 69.2 cm³/mol. The second-order valence-electron chi connectivity index (χ2n) is 3.55. The van der Waals surface area contributed by atoms with E-state index in [1.54, 1.807) is 0 Å². The van der Waals surface area contributed by atoms with Crippen molar-refractivity contribution in [3.63, 3.8) is 0 Å². The summed E-state index contributed by atoms with van der Waals surface area (Å²) in [4.78, 5) is 1.30. The van der Waals surface area contributed by atoms with Crippen molar-refractivity contribution in [2.75, 3.05) is 19.6 Å². The molecule has 0 N–H and O–H groups in total. The number of rotatable bonds is 5. The van der Waals surface area contributed by atoms with Gasteiger partial charge >= 0.3 is 0 Å². The first-order valence-electron chi connectivity index (χ1n) is 5.47. The largest absolute Gasteiger partial charge is 0.258 e. The Hall–Kier alpha value is -0.180. The Morgan fingerprint density at radius 2 is 1.47 bits per heavy atom. The van der Waals surface area contributed by atoms with Gasteiger partial charge in [-0.25, -0.2) is 0 Å². The zero-order valence-electron chi connectivity index (χ0n) is 9.66. The van der Waals surface area contributed by atoms with Gasteiger partial charge < -0.3 is 0 Å². The van der Waals surface area contributed by atoms with Gasteiger partial charge in [-0.05, 0) is 45.0 Å². The molecule has 0 aliphatic rings.